The fraction of sp³-hybridized carbons (Fsp3) is 0.600. The quantitative estimate of drug-likeness (QED) is 0.689. The van der Waals surface area contributed by atoms with Crippen LogP contribution in [0.5, 0.6) is 0 Å². The van der Waals surface area contributed by atoms with E-state index in [9.17, 15) is 0 Å². The van der Waals surface area contributed by atoms with Crippen molar-refractivity contribution in [3.05, 3.63) is 34.9 Å². The van der Waals surface area contributed by atoms with E-state index in [0.717, 1.165) is 30.4 Å². The van der Waals surface area contributed by atoms with Crippen LogP contribution in [-0.2, 0) is 11.2 Å². The van der Waals surface area contributed by atoms with Crippen LogP contribution >= 0.6 is 23.2 Å². The highest BCUT2D eigenvalue weighted by Crippen LogP contribution is 2.35. The smallest absolute Gasteiger partial charge is 0.0580 e. The Morgan fingerprint density at radius 1 is 1.39 bits per heavy atom. The summed E-state index contributed by atoms with van der Waals surface area (Å²) >= 11 is 12.4. The molecular formula is C15H20Cl2O. The third-order valence-electron chi connectivity index (χ3n) is 3.53. The first-order valence-corrected chi connectivity index (χ1v) is 7.49. The van der Waals surface area contributed by atoms with E-state index in [1.54, 1.807) is 0 Å². The Hall–Kier alpha value is -0.240. The molecule has 1 nitrogen and oxygen atoms in total. The molecule has 0 bridgehead atoms. The summed E-state index contributed by atoms with van der Waals surface area (Å²) in [6.45, 7) is 2.88. The molecule has 1 unspecified atom stereocenters. The monoisotopic (exact) mass is 286 g/mol. The molecule has 2 rings (SSSR count). The molecule has 18 heavy (non-hydrogen) atoms. The van der Waals surface area contributed by atoms with Gasteiger partial charge in [0.1, 0.15) is 0 Å². The van der Waals surface area contributed by atoms with E-state index < -0.39 is 0 Å². The molecule has 0 N–H and O–H groups in total. The SMILES string of the molecule is CCOC1CC(CC(Cl)Cc2cccc(Cl)c2)C1. The van der Waals surface area contributed by atoms with Crippen molar-refractivity contribution >= 4 is 23.2 Å². The first-order valence-electron chi connectivity index (χ1n) is 6.67. The molecule has 1 aromatic rings. The minimum absolute atomic E-state index is 0.205. The molecule has 3 heteroatoms. The summed E-state index contributed by atoms with van der Waals surface area (Å²) in [5.74, 6) is 0.739. The van der Waals surface area contributed by atoms with E-state index in [2.05, 4.69) is 13.0 Å². The van der Waals surface area contributed by atoms with Gasteiger partial charge in [0.25, 0.3) is 0 Å². The molecule has 0 amide bonds. The van der Waals surface area contributed by atoms with E-state index in [4.69, 9.17) is 27.9 Å². The van der Waals surface area contributed by atoms with Gasteiger partial charge in [0, 0.05) is 17.0 Å². The van der Waals surface area contributed by atoms with Crippen LogP contribution in [0.4, 0.5) is 0 Å². The minimum atomic E-state index is 0.205. The fourth-order valence-electron chi connectivity index (χ4n) is 2.60. The Labute approximate surface area is 119 Å². The van der Waals surface area contributed by atoms with E-state index in [1.165, 1.54) is 18.4 Å². The van der Waals surface area contributed by atoms with Gasteiger partial charge >= 0.3 is 0 Å². The molecule has 1 saturated carbocycles. The fourth-order valence-corrected chi connectivity index (χ4v) is 3.25. The highest BCUT2D eigenvalue weighted by atomic mass is 35.5. The van der Waals surface area contributed by atoms with Crippen LogP contribution in [0.3, 0.4) is 0 Å². The maximum absolute atomic E-state index is 6.42. The van der Waals surface area contributed by atoms with Crippen molar-refractivity contribution in [1.82, 2.24) is 0 Å². The van der Waals surface area contributed by atoms with Gasteiger partial charge in [0.15, 0.2) is 0 Å². The number of rotatable bonds is 6. The normalized spacial score (nSPS) is 24.6. The molecule has 0 heterocycles. The molecule has 1 aliphatic carbocycles. The maximum atomic E-state index is 6.42. The molecule has 0 radical (unpaired) electrons. The lowest BCUT2D eigenvalue weighted by Crippen LogP contribution is -2.33. The third-order valence-corrected chi connectivity index (χ3v) is 4.10. The third kappa shape index (κ3) is 4.15. The molecule has 1 atom stereocenters. The Bertz CT molecular complexity index is 375. The second kappa shape index (κ2) is 6.79. The van der Waals surface area contributed by atoms with Crippen molar-refractivity contribution < 1.29 is 4.74 Å². The number of ether oxygens (including phenoxy) is 1. The van der Waals surface area contributed by atoms with E-state index in [0.29, 0.717) is 6.10 Å². The van der Waals surface area contributed by atoms with Gasteiger partial charge in [-0.3, -0.25) is 0 Å². The molecule has 0 saturated heterocycles. The molecule has 0 aromatic heterocycles. The standard InChI is InChI=1S/C15H20Cl2O/c1-2-18-15-9-12(10-15)8-14(17)7-11-4-3-5-13(16)6-11/h3-6,12,14-15H,2,7-10H2,1H3. The van der Waals surface area contributed by atoms with Gasteiger partial charge in [0.05, 0.1) is 6.10 Å². The Kier molecular flexibility index (Phi) is 5.35. The first-order chi connectivity index (χ1) is 8.67. The molecule has 100 valence electrons. The van der Waals surface area contributed by atoms with Crippen LogP contribution in [0.15, 0.2) is 24.3 Å². The van der Waals surface area contributed by atoms with E-state index in [-0.39, 0.29) is 5.38 Å². The van der Waals surface area contributed by atoms with Crippen LogP contribution in [-0.4, -0.2) is 18.1 Å². The molecule has 1 aromatic carbocycles. The molecular weight excluding hydrogens is 267 g/mol. The lowest BCUT2D eigenvalue weighted by Gasteiger charge is -2.36. The van der Waals surface area contributed by atoms with E-state index in [1.807, 2.05) is 18.2 Å². The zero-order chi connectivity index (χ0) is 13.0. The zero-order valence-corrected chi connectivity index (χ0v) is 12.3. The highest BCUT2D eigenvalue weighted by molar-refractivity contribution is 6.30. The largest absolute Gasteiger partial charge is 0.378 e. The maximum Gasteiger partial charge on any atom is 0.0580 e. The van der Waals surface area contributed by atoms with Gasteiger partial charge in [-0.2, -0.15) is 0 Å². The van der Waals surface area contributed by atoms with Gasteiger partial charge in [-0.05, 0) is 56.2 Å². The van der Waals surface area contributed by atoms with E-state index >= 15 is 0 Å². The van der Waals surface area contributed by atoms with Crippen LogP contribution in [0.2, 0.25) is 5.02 Å². The average Bonchev–Trinajstić information content (AvgIpc) is 2.26. The summed E-state index contributed by atoms with van der Waals surface area (Å²) in [7, 11) is 0. The van der Waals surface area contributed by atoms with Crippen molar-refractivity contribution in [2.75, 3.05) is 6.61 Å². The number of benzene rings is 1. The van der Waals surface area contributed by atoms with Gasteiger partial charge in [-0.1, -0.05) is 23.7 Å². The number of hydrogen-bond acceptors (Lipinski definition) is 1. The summed E-state index contributed by atoms with van der Waals surface area (Å²) in [5, 5.41) is 0.993. The van der Waals surface area contributed by atoms with Gasteiger partial charge in [-0.25, -0.2) is 0 Å². The minimum Gasteiger partial charge on any atom is -0.378 e. The van der Waals surface area contributed by atoms with Crippen LogP contribution < -0.4 is 0 Å². The molecule has 0 spiro atoms. The predicted molar refractivity (Wildman–Crippen MR) is 77.6 cm³/mol. The second-order valence-corrected chi connectivity index (χ2v) is 6.14. The van der Waals surface area contributed by atoms with Crippen LogP contribution in [0, 0.1) is 5.92 Å². The lowest BCUT2D eigenvalue weighted by atomic mass is 9.78. The lowest BCUT2D eigenvalue weighted by molar-refractivity contribution is -0.0266. The second-order valence-electron chi connectivity index (χ2n) is 5.08. The highest BCUT2D eigenvalue weighted by Gasteiger charge is 2.30. The number of hydrogen-bond donors (Lipinski definition) is 0. The Morgan fingerprint density at radius 2 is 2.17 bits per heavy atom. The molecule has 1 fully saturated rings. The van der Waals surface area contributed by atoms with Crippen molar-refractivity contribution in [3.63, 3.8) is 0 Å². The van der Waals surface area contributed by atoms with Crippen molar-refractivity contribution in [2.45, 2.75) is 44.1 Å². The Balaban J connectivity index is 1.71. The summed E-state index contributed by atoms with van der Waals surface area (Å²) in [4.78, 5) is 0. The Morgan fingerprint density at radius 3 is 2.83 bits per heavy atom. The predicted octanol–water partition coefficient (Wildman–Crippen LogP) is 4.70. The first kappa shape index (κ1) is 14.2. The topological polar surface area (TPSA) is 9.23 Å². The summed E-state index contributed by atoms with van der Waals surface area (Å²) in [5.41, 5.74) is 1.23. The average molecular weight is 287 g/mol. The van der Waals surface area contributed by atoms with Gasteiger partial charge in [-0.15, -0.1) is 11.6 Å². The zero-order valence-electron chi connectivity index (χ0n) is 10.7. The summed E-state index contributed by atoms with van der Waals surface area (Å²) in [6.07, 6.45) is 4.81. The number of halogens is 2. The molecule has 1 aliphatic rings. The van der Waals surface area contributed by atoms with Crippen molar-refractivity contribution in [1.29, 1.82) is 0 Å². The van der Waals surface area contributed by atoms with Crippen LogP contribution in [0.25, 0.3) is 0 Å². The van der Waals surface area contributed by atoms with Crippen molar-refractivity contribution in [2.24, 2.45) is 5.92 Å². The molecule has 0 aliphatic heterocycles. The summed E-state index contributed by atoms with van der Waals surface area (Å²) < 4.78 is 5.56. The summed E-state index contributed by atoms with van der Waals surface area (Å²) in [6, 6.07) is 7.97. The van der Waals surface area contributed by atoms with Crippen LogP contribution in [0.1, 0.15) is 31.7 Å². The number of alkyl halides is 1. The van der Waals surface area contributed by atoms with Gasteiger partial charge in [0.2, 0.25) is 0 Å². The van der Waals surface area contributed by atoms with Gasteiger partial charge < -0.3 is 4.74 Å². The van der Waals surface area contributed by atoms with Crippen molar-refractivity contribution in [3.8, 4) is 0 Å².